The molecule has 1 fully saturated rings. The molecule has 1 unspecified atom stereocenters. The number of carbonyl (C=O) groups is 1. The molecule has 1 aromatic rings. The Morgan fingerprint density at radius 1 is 1.63 bits per heavy atom. The van der Waals surface area contributed by atoms with Gasteiger partial charge in [-0.05, 0) is 18.8 Å². The third-order valence-electron chi connectivity index (χ3n) is 3.61. The van der Waals surface area contributed by atoms with Gasteiger partial charge < -0.3 is 10.6 Å². The van der Waals surface area contributed by atoms with E-state index in [1.165, 1.54) is 10.7 Å². The number of rotatable bonds is 4. The third-order valence-corrected chi connectivity index (χ3v) is 4.64. The Kier molecular flexibility index (Phi) is 4.93. The summed E-state index contributed by atoms with van der Waals surface area (Å²) in [6, 6.07) is 0. The summed E-state index contributed by atoms with van der Waals surface area (Å²) in [4.78, 5) is 18.6. The summed E-state index contributed by atoms with van der Waals surface area (Å²) in [5, 5.41) is 3.34. The van der Waals surface area contributed by atoms with Crippen LogP contribution in [0, 0.1) is 0 Å². The highest BCUT2D eigenvalue weighted by Gasteiger charge is 2.26. The van der Waals surface area contributed by atoms with Gasteiger partial charge in [0.25, 0.3) is 0 Å². The number of likely N-dealkylation sites (tertiary alicyclic amines) is 1. The normalized spacial score (nSPS) is 20.0. The number of carbonyl (C=O) groups excluding carboxylic acids is 1. The molecule has 19 heavy (non-hydrogen) atoms. The fraction of sp³-hybridized carbons (Fsp3) is 0.714. The molecule has 1 aliphatic heterocycles. The molecule has 0 aliphatic carbocycles. The van der Waals surface area contributed by atoms with Gasteiger partial charge in [-0.25, -0.2) is 4.98 Å². The predicted molar refractivity (Wildman–Crippen MR) is 78.4 cm³/mol. The Morgan fingerprint density at radius 3 is 3.05 bits per heavy atom. The molecule has 0 spiro atoms. The van der Waals surface area contributed by atoms with Crippen LogP contribution >= 0.6 is 11.3 Å². The molecule has 0 bridgehead atoms. The second kappa shape index (κ2) is 6.48. The fourth-order valence-electron chi connectivity index (χ4n) is 2.44. The first-order chi connectivity index (χ1) is 9.11. The van der Waals surface area contributed by atoms with Crippen LogP contribution in [0.1, 0.15) is 55.6 Å². The van der Waals surface area contributed by atoms with Gasteiger partial charge >= 0.3 is 0 Å². The van der Waals surface area contributed by atoms with Crippen LogP contribution in [0.25, 0.3) is 0 Å². The second-order valence-corrected chi connectivity index (χ2v) is 6.37. The third kappa shape index (κ3) is 3.54. The largest absolute Gasteiger partial charge is 0.342 e. The van der Waals surface area contributed by atoms with Crippen molar-refractivity contribution in [2.75, 3.05) is 19.6 Å². The maximum absolute atomic E-state index is 11.9. The van der Waals surface area contributed by atoms with Gasteiger partial charge in [0.15, 0.2) is 0 Å². The van der Waals surface area contributed by atoms with Crippen LogP contribution in [0.5, 0.6) is 0 Å². The van der Waals surface area contributed by atoms with E-state index in [1.54, 1.807) is 11.3 Å². The van der Waals surface area contributed by atoms with Crippen molar-refractivity contribution in [1.82, 2.24) is 9.88 Å². The zero-order valence-electron chi connectivity index (χ0n) is 11.8. The van der Waals surface area contributed by atoms with Crippen LogP contribution in [0.2, 0.25) is 0 Å². The van der Waals surface area contributed by atoms with Gasteiger partial charge in [-0.2, -0.15) is 0 Å². The minimum atomic E-state index is 0.188. The molecule has 1 aliphatic rings. The minimum absolute atomic E-state index is 0.188. The van der Waals surface area contributed by atoms with Gasteiger partial charge in [0, 0.05) is 37.4 Å². The second-order valence-electron chi connectivity index (χ2n) is 5.48. The molecule has 106 valence electrons. The van der Waals surface area contributed by atoms with Crippen molar-refractivity contribution in [2.45, 2.75) is 44.9 Å². The van der Waals surface area contributed by atoms with Crippen molar-refractivity contribution in [2.24, 2.45) is 5.73 Å². The highest BCUT2D eigenvalue weighted by Crippen LogP contribution is 2.30. The monoisotopic (exact) mass is 281 g/mol. The standard InChI is InChI=1S/C14H23N3OS/c1-10(2)12-9-19-14(16-12)11-4-3-7-17(8-11)13(18)5-6-15/h9-11H,3-8,15H2,1-2H3. The molecule has 0 aromatic carbocycles. The molecule has 1 aromatic heterocycles. The molecule has 5 heteroatoms. The summed E-state index contributed by atoms with van der Waals surface area (Å²) >= 11 is 1.74. The Balaban J connectivity index is 2.02. The van der Waals surface area contributed by atoms with Crippen molar-refractivity contribution in [1.29, 1.82) is 0 Å². The Morgan fingerprint density at radius 2 is 2.42 bits per heavy atom. The van der Waals surface area contributed by atoms with E-state index < -0.39 is 0 Å². The summed E-state index contributed by atoms with van der Waals surface area (Å²) in [5.41, 5.74) is 6.63. The lowest BCUT2D eigenvalue weighted by molar-refractivity contribution is -0.132. The number of nitrogens with two attached hydrogens (primary N) is 1. The maximum atomic E-state index is 11.9. The first kappa shape index (κ1) is 14.5. The molecule has 1 amide bonds. The number of thiazole rings is 1. The van der Waals surface area contributed by atoms with Crippen LogP contribution in [0.3, 0.4) is 0 Å². The lowest BCUT2D eigenvalue weighted by Gasteiger charge is -2.31. The topological polar surface area (TPSA) is 59.2 Å². The van der Waals surface area contributed by atoms with E-state index in [4.69, 9.17) is 10.7 Å². The molecule has 1 saturated heterocycles. The van der Waals surface area contributed by atoms with Crippen LogP contribution in [-0.2, 0) is 4.79 Å². The summed E-state index contributed by atoms with van der Waals surface area (Å²) < 4.78 is 0. The van der Waals surface area contributed by atoms with Crippen molar-refractivity contribution in [3.05, 3.63) is 16.1 Å². The summed E-state index contributed by atoms with van der Waals surface area (Å²) in [6.45, 7) is 6.45. The van der Waals surface area contributed by atoms with Crippen LogP contribution in [0.4, 0.5) is 0 Å². The summed E-state index contributed by atoms with van der Waals surface area (Å²) in [5.74, 6) is 1.07. The molecule has 2 heterocycles. The number of amides is 1. The Labute approximate surface area is 119 Å². The average Bonchev–Trinajstić information content (AvgIpc) is 2.89. The van der Waals surface area contributed by atoms with E-state index in [2.05, 4.69) is 19.2 Å². The number of piperidine rings is 1. The first-order valence-electron chi connectivity index (χ1n) is 7.05. The number of nitrogens with zero attached hydrogens (tertiary/aromatic N) is 2. The van der Waals surface area contributed by atoms with Gasteiger partial charge in [-0.1, -0.05) is 13.8 Å². The first-order valence-corrected chi connectivity index (χ1v) is 7.93. The molecule has 4 nitrogen and oxygen atoms in total. The Bertz CT molecular complexity index is 430. The fourth-order valence-corrected chi connectivity index (χ4v) is 3.55. The van der Waals surface area contributed by atoms with Gasteiger partial charge in [-0.15, -0.1) is 11.3 Å². The molecule has 2 rings (SSSR count). The average molecular weight is 281 g/mol. The number of hydrogen-bond acceptors (Lipinski definition) is 4. The highest BCUT2D eigenvalue weighted by atomic mass is 32.1. The van der Waals surface area contributed by atoms with E-state index in [1.807, 2.05) is 4.90 Å². The van der Waals surface area contributed by atoms with Gasteiger partial charge in [0.2, 0.25) is 5.91 Å². The van der Waals surface area contributed by atoms with Crippen molar-refractivity contribution < 1.29 is 4.79 Å². The van der Waals surface area contributed by atoms with E-state index in [-0.39, 0.29) is 5.91 Å². The highest BCUT2D eigenvalue weighted by molar-refractivity contribution is 7.09. The SMILES string of the molecule is CC(C)c1csc(C2CCCN(C(=O)CCN)C2)n1. The van der Waals surface area contributed by atoms with E-state index in [9.17, 15) is 4.79 Å². The molecule has 1 atom stereocenters. The summed E-state index contributed by atoms with van der Waals surface area (Å²) in [7, 11) is 0. The van der Waals surface area contributed by atoms with Crippen LogP contribution in [0.15, 0.2) is 5.38 Å². The van der Waals surface area contributed by atoms with Crippen LogP contribution < -0.4 is 5.73 Å². The molecular formula is C14H23N3OS. The molecule has 0 saturated carbocycles. The van der Waals surface area contributed by atoms with Gasteiger partial charge in [0.1, 0.15) is 0 Å². The van der Waals surface area contributed by atoms with Crippen molar-refractivity contribution in [3.63, 3.8) is 0 Å². The zero-order valence-corrected chi connectivity index (χ0v) is 12.6. The smallest absolute Gasteiger partial charge is 0.223 e. The lowest BCUT2D eigenvalue weighted by atomic mass is 9.98. The Hall–Kier alpha value is -0.940. The van der Waals surface area contributed by atoms with Crippen LogP contribution in [-0.4, -0.2) is 35.4 Å². The molecule has 2 N–H and O–H groups in total. The van der Waals surface area contributed by atoms with Crippen molar-refractivity contribution >= 4 is 17.2 Å². The van der Waals surface area contributed by atoms with E-state index in [0.717, 1.165) is 25.9 Å². The predicted octanol–water partition coefficient (Wildman–Crippen LogP) is 2.32. The van der Waals surface area contributed by atoms with Crippen molar-refractivity contribution in [3.8, 4) is 0 Å². The molecular weight excluding hydrogens is 258 g/mol. The number of hydrogen-bond donors (Lipinski definition) is 1. The van der Waals surface area contributed by atoms with E-state index >= 15 is 0 Å². The summed E-state index contributed by atoms with van der Waals surface area (Å²) in [6.07, 6.45) is 2.66. The molecule has 0 radical (unpaired) electrons. The maximum Gasteiger partial charge on any atom is 0.223 e. The zero-order chi connectivity index (χ0) is 13.8. The number of aromatic nitrogens is 1. The van der Waals surface area contributed by atoms with E-state index in [0.29, 0.717) is 24.8 Å². The van der Waals surface area contributed by atoms with Gasteiger partial charge in [-0.3, -0.25) is 4.79 Å². The quantitative estimate of drug-likeness (QED) is 0.921. The minimum Gasteiger partial charge on any atom is -0.342 e. The van der Waals surface area contributed by atoms with Gasteiger partial charge in [0.05, 0.1) is 10.7 Å². The lowest BCUT2D eigenvalue weighted by Crippen LogP contribution is -2.39.